The molecule has 3 atom stereocenters. The van der Waals surface area contributed by atoms with Crippen LogP contribution < -0.4 is 0 Å². The summed E-state index contributed by atoms with van der Waals surface area (Å²) in [6.45, 7) is 14.0. The lowest BCUT2D eigenvalue weighted by molar-refractivity contribution is -0.00222. The highest BCUT2D eigenvalue weighted by Gasteiger charge is 2.49. The van der Waals surface area contributed by atoms with Gasteiger partial charge in [-0.05, 0) is 54.9 Å². The van der Waals surface area contributed by atoms with Crippen LogP contribution in [0.2, 0.25) is 0 Å². The molecule has 1 heteroatoms. The van der Waals surface area contributed by atoms with E-state index >= 15 is 0 Å². The maximum absolute atomic E-state index is 9.91. The van der Waals surface area contributed by atoms with Gasteiger partial charge in [-0.1, -0.05) is 63.5 Å². The van der Waals surface area contributed by atoms with Crippen LogP contribution in [0.3, 0.4) is 0 Å². The summed E-state index contributed by atoms with van der Waals surface area (Å²) in [6.07, 6.45) is 10.6. The molecule has 118 valence electrons. The SMILES string of the molecule is CC1=C(/C=C(\C)C(C)C)C=CC2C(C)(CO)CCCC12C. The minimum Gasteiger partial charge on any atom is -0.396 e. The average Bonchev–Trinajstić information content (AvgIpc) is 2.43. The van der Waals surface area contributed by atoms with Crippen LogP contribution in [0.4, 0.5) is 0 Å². The van der Waals surface area contributed by atoms with Gasteiger partial charge in [0.05, 0.1) is 0 Å². The van der Waals surface area contributed by atoms with Gasteiger partial charge in [0.25, 0.3) is 0 Å². The van der Waals surface area contributed by atoms with Gasteiger partial charge in [-0.2, -0.15) is 0 Å². The molecule has 2 rings (SSSR count). The van der Waals surface area contributed by atoms with Crippen molar-refractivity contribution < 1.29 is 5.11 Å². The molecule has 0 saturated heterocycles. The van der Waals surface area contributed by atoms with Gasteiger partial charge in [0.1, 0.15) is 0 Å². The summed E-state index contributed by atoms with van der Waals surface area (Å²) >= 11 is 0. The molecule has 0 heterocycles. The van der Waals surface area contributed by atoms with Crippen molar-refractivity contribution in [3.63, 3.8) is 0 Å². The maximum atomic E-state index is 9.91. The van der Waals surface area contributed by atoms with Gasteiger partial charge in [0, 0.05) is 6.61 Å². The van der Waals surface area contributed by atoms with Gasteiger partial charge in [-0.15, -0.1) is 0 Å². The van der Waals surface area contributed by atoms with E-state index in [1.165, 1.54) is 29.6 Å². The van der Waals surface area contributed by atoms with Gasteiger partial charge in [0.15, 0.2) is 0 Å². The van der Waals surface area contributed by atoms with Crippen LogP contribution in [0.1, 0.15) is 60.8 Å². The topological polar surface area (TPSA) is 20.2 Å². The third kappa shape index (κ3) is 2.77. The molecule has 0 radical (unpaired) electrons. The predicted molar refractivity (Wildman–Crippen MR) is 91.1 cm³/mol. The smallest absolute Gasteiger partial charge is 0.0490 e. The first kappa shape index (κ1) is 16.5. The Kier molecular flexibility index (Phi) is 4.54. The molecule has 0 aliphatic heterocycles. The van der Waals surface area contributed by atoms with Gasteiger partial charge in [-0.3, -0.25) is 0 Å². The molecule has 1 N–H and O–H groups in total. The summed E-state index contributed by atoms with van der Waals surface area (Å²) in [5, 5.41) is 9.91. The first-order valence-corrected chi connectivity index (χ1v) is 8.43. The molecule has 0 amide bonds. The highest BCUT2D eigenvalue weighted by molar-refractivity contribution is 5.44. The minimum absolute atomic E-state index is 0.0348. The normalized spacial score (nSPS) is 37.1. The molecule has 0 aromatic rings. The fourth-order valence-corrected chi connectivity index (χ4v) is 4.21. The van der Waals surface area contributed by atoms with Crippen LogP contribution in [0.5, 0.6) is 0 Å². The van der Waals surface area contributed by atoms with Crippen LogP contribution in [0.25, 0.3) is 0 Å². The lowest BCUT2D eigenvalue weighted by Crippen LogP contribution is -2.46. The van der Waals surface area contributed by atoms with Crippen molar-refractivity contribution in [3.8, 4) is 0 Å². The molecule has 0 aromatic heterocycles. The predicted octanol–water partition coefficient (Wildman–Crippen LogP) is 5.28. The average molecular weight is 288 g/mol. The fourth-order valence-electron chi connectivity index (χ4n) is 4.21. The Bertz CT molecular complexity index is 494. The lowest BCUT2D eigenvalue weighted by atomic mass is 9.52. The summed E-state index contributed by atoms with van der Waals surface area (Å²) < 4.78 is 0. The molecule has 21 heavy (non-hydrogen) atoms. The van der Waals surface area contributed by atoms with E-state index in [9.17, 15) is 5.11 Å². The maximum Gasteiger partial charge on any atom is 0.0490 e. The first-order valence-electron chi connectivity index (χ1n) is 8.43. The molecule has 0 aromatic carbocycles. The fraction of sp³-hybridized carbons (Fsp3) is 0.700. The summed E-state index contributed by atoms with van der Waals surface area (Å²) in [5.41, 5.74) is 4.58. The van der Waals surface area contributed by atoms with E-state index in [1.54, 1.807) is 0 Å². The Morgan fingerprint density at radius 3 is 2.62 bits per heavy atom. The van der Waals surface area contributed by atoms with E-state index in [2.05, 4.69) is 59.8 Å². The Labute approximate surface area is 130 Å². The molecule has 1 fully saturated rings. The lowest BCUT2D eigenvalue weighted by Gasteiger charge is -2.53. The second-order valence-electron chi connectivity index (χ2n) is 8.04. The van der Waals surface area contributed by atoms with E-state index < -0.39 is 0 Å². The van der Waals surface area contributed by atoms with E-state index in [0.717, 1.165) is 6.42 Å². The summed E-state index contributed by atoms with van der Waals surface area (Å²) in [5.74, 6) is 1.05. The number of rotatable bonds is 3. The Morgan fingerprint density at radius 1 is 1.38 bits per heavy atom. The molecule has 0 spiro atoms. The Hall–Kier alpha value is -0.820. The minimum atomic E-state index is 0.0348. The largest absolute Gasteiger partial charge is 0.396 e. The monoisotopic (exact) mass is 288 g/mol. The van der Waals surface area contributed by atoms with Gasteiger partial charge < -0.3 is 5.11 Å². The zero-order chi connectivity index (χ0) is 15.8. The quantitative estimate of drug-likeness (QED) is 0.749. The molecule has 3 unspecified atom stereocenters. The number of aliphatic hydroxyl groups excluding tert-OH is 1. The summed E-state index contributed by atoms with van der Waals surface area (Å²) in [7, 11) is 0. The standard InChI is InChI=1S/C20H32O/c1-14(2)15(3)12-17-8-9-18-19(5,13-21)10-7-11-20(18,6)16(17)4/h8-9,12,14,18,21H,7,10-11,13H2,1-6H3/b15-12+. The van der Waals surface area contributed by atoms with Crippen LogP contribution >= 0.6 is 0 Å². The molecular formula is C20H32O. The van der Waals surface area contributed by atoms with Gasteiger partial charge in [0.2, 0.25) is 0 Å². The van der Waals surface area contributed by atoms with Crippen LogP contribution in [0, 0.1) is 22.7 Å². The van der Waals surface area contributed by atoms with Gasteiger partial charge in [-0.25, -0.2) is 0 Å². The highest BCUT2D eigenvalue weighted by Crippen LogP contribution is 2.57. The number of hydrogen-bond donors (Lipinski definition) is 1. The van der Waals surface area contributed by atoms with Crippen LogP contribution in [0.15, 0.2) is 34.9 Å². The van der Waals surface area contributed by atoms with Crippen molar-refractivity contribution in [1.82, 2.24) is 0 Å². The second kappa shape index (κ2) is 5.76. The van der Waals surface area contributed by atoms with Crippen molar-refractivity contribution in [3.05, 3.63) is 34.9 Å². The summed E-state index contributed by atoms with van der Waals surface area (Å²) in [6, 6.07) is 0. The number of fused-ring (bicyclic) bond motifs is 1. The molecule has 1 saturated carbocycles. The van der Waals surface area contributed by atoms with E-state index in [-0.39, 0.29) is 10.8 Å². The van der Waals surface area contributed by atoms with Crippen molar-refractivity contribution in [2.24, 2.45) is 22.7 Å². The van der Waals surface area contributed by atoms with E-state index in [0.29, 0.717) is 18.4 Å². The summed E-state index contributed by atoms with van der Waals surface area (Å²) in [4.78, 5) is 0. The number of allylic oxidation sites excluding steroid dienone is 6. The zero-order valence-electron chi connectivity index (χ0n) is 14.7. The number of hydrogen-bond acceptors (Lipinski definition) is 1. The van der Waals surface area contributed by atoms with Crippen LogP contribution in [-0.4, -0.2) is 11.7 Å². The Balaban J connectivity index is 2.43. The second-order valence-corrected chi connectivity index (χ2v) is 8.04. The molecule has 2 aliphatic rings. The molecule has 0 bridgehead atoms. The van der Waals surface area contributed by atoms with E-state index in [1.807, 2.05) is 0 Å². The van der Waals surface area contributed by atoms with Crippen molar-refractivity contribution >= 4 is 0 Å². The zero-order valence-corrected chi connectivity index (χ0v) is 14.7. The first-order chi connectivity index (χ1) is 9.74. The van der Waals surface area contributed by atoms with Crippen LogP contribution in [-0.2, 0) is 0 Å². The number of aliphatic hydroxyl groups is 1. The molecule has 1 nitrogen and oxygen atoms in total. The molecular weight excluding hydrogens is 256 g/mol. The molecule has 2 aliphatic carbocycles. The van der Waals surface area contributed by atoms with E-state index in [4.69, 9.17) is 0 Å². The third-order valence-corrected chi connectivity index (χ3v) is 6.29. The van der Waals surface area contributed by atoms with Crippen molar-refractivity contribution in [2.45, 2.75) is 60.8 Å². The third-order valence-electron chi connectivity index (χ3n) is 6.29. The van der Waals surface area contributed by atoms with Crippen molar-refractivity contribution in [1.29, 1.82) is 0 Å². The Morgan fingerprint density at radius 2 is 2.05 bits per heavy atom. The van der Waals surface area contributed by atoms with Crippen molar-refractivity contribution in [2.75, 3.05) is 6.61 Å². The highest BCUT2D eigenvalue weighted by atomic mass is 16.3. The van der Waals surface area contributed by atoms with Gasteiger partial charge >= 0.3 is 0 Å².